The summed E-state index contributed by atoms with van der Waals surface area (Å²) >= 11 is 0. The molecule has 3 aromatic rings. The lowest BCUT2D eigenvalue weighted by molar-refractivity contribution is -0.385. The molecule has 2 heterocycles. The van der Waals surface area contributed by atoms with E-state index in [2.05, 4.69) is 0 Å². The zero-order chi connectivity index (χ0) is 30.3. The number of hydrogen-bond donors (Lipinski definition) is 0. The highest BCUT2D eigenvalue weighted by atomic mass is 16.6. The van der Waals surface area contributed by atoms with E-state index in [4.69, 9.17) is 9.47 Å². The summed E-state index contributed by atoms with van der Waals surface area (Å²) in [4.78, 5) is 97.0. The van der Waals surface area contributed by atoms with Gasteiger partial charge in [-0.05, 0) is 36.4 Å². The van der Waals surface area contributed by atoms with E-state index in [0.29, 0.717) is 9.80 Å². The van der Waals surface area contributed by atoms with Gasteiger partial charge >= 0.3 is 11.9 Å². The van der Waals surface area contributed by atoms with Gasteiger partial charge in [-0.25, -0.2) is 9.59 Å². The molecule has 0 aliphatic carbocycles. The number of benzene rings is 3. The monoisotopic (exact) mass is 574 g/mol. The van der Waals surface area contributed by atoms with Crippen molar-refractivity contribution in [2.24, 2.45) is 0 Å². The first-order valence-corrected chi connectivity index (χ1v) is 11.8. The molecule has 0 saturated carbocycles. The van der Waals surface area contributed by atoms with Crippen LogP contribution in [-0.4, -0.2) is 68.3 Å². The van der Waals surface area contributed by atoms with Crippen LogP contribution in [0.15, 0.2) is 60.7 Å². The number of fused-ring (bicyclic) bond motifs is 2. The summed E-state index contributed by atoms with van der Waals surface area (Å²) in [6.07, 6.45) is 0. The van der Waals surface area contributed by atoms with Crippen LogP contribution in [0.25, 0.3) is 0 Å². The second-order valence-electron chi connectivity index (χ2n) is 8.73. The van der Waals surface area contributed by atoms with Crippen LogP contribution in [0.3, 0.4) is 0 Å². The van der Waals surface area contributed by atoms with Gasteiger partial charge in [0, 0.05) is 12.1 Å². The zero-order valence-corrected chi connectivity index (χ0v) is 20.9. The van der Waals surface area contributed by atoms with Gasteiger partial charge in [0.1, 0.15) is 35.7 Å². The van der Waals surface area contributed by atoms with E-state index in [1.807, 2.05) is 0 Å². The number of carbonyl (C=O) groups is 6. The molecule has 0 saturated heterocycles. The molecule has 2 aliphatic rings. The minimum Gasteiger partial charge on any atom is -0.425 e. The third kappa shape index (κ3) is 4.68. The van der Waals surface area contributed by atoms with Crippen LogP contribution < -0.4 is 9.47 Å². The van der Waals surface area contributed by atoms with E-state index in [1.165, 1.54) is 48.5 Å². The van der Waals surface area contributed by atoms with E-state index in [0.717, 1.165) is 12.1 Å². The second-order valence-corrected chi connectivity index (χ2v) is 8.73. The van der Waals surface area contributed by atoms with Crippen LogP contribution in [0.1, 0.15) is 41.4 Å². The zero-order valence-electron chi connectivity index (χ0n) is 20.9. The van der Waals surface area contributed by atoms with Crippen molar-refractivity contribution in [3.8, 4) is 11.5 Å². The molecular formula is C26H14N4O12. The van der Waals surface area contributed by atoms with Gasteiger partial charge in [0.25, 0.3) is 35.0 Å². The van der Waals surface area contributed by atoms with Crippen LogP contribution in [0.2, 0.25) is 0 Å². The quantitative estimate of drug-likeness (QED) is 0.124. The van der Waals surface area contributed by atoms with E-state index < -0.39 is 81.0 Å². The Hall–Kier alpha value is -6.32. The van der Waals surface area contributed by atoms with Gasteiger partial charge < -0.3 is 9.47 Å². The van der Waals surface area contributed by atoms with Crippen molar-refractivity contribution in [2.45, 2.75) is 0 Å². The maximum Gasteiger partial charge on any atom is 0.331 e. The first kappa shape index (κ1) is 27.3. The highest BCUT2D eigenvalue weighted by Crippen LogP contribution is 2.32. The van der Waals surface area contributed by atoms with Crippen LogP contribution in [0.4, 0.5) is 11.4 Å². The first-order chi connectivity index (χ1) is 20.0. The molecule has 0 unspecified atom stereocenters. The van der Waals surface area contributed by atoms with E-state index in [1.54, 1.807) is 0 Å². The summed E-state index contributed by atoms with van der Waals surface area (Å²) in [5, 5.41) is 22.4. The molecule has 2 aliphatic heterocycles. The fourth-order valence-corrected chi connectivity index (χ4v) is 4.38. The molecule has 0 atom stereocenters. The Balaban J connectivity index is 1.19. The number of amides is 4. The van der Waals surface area contributed by atoms with Gasteiger partial charge in [0.05, 0.1) is 21.0 Å². The maximum absolute atomic E-state index is 12.6. The predicted molar refractivity (Wildman–Crippen MR) is 135 cm³/mol. The number of esters is 2. The van der Waals surface area contributed by atoms with Crippen molar-refractivity contribution in [3.63, 3.8) is 0 Å². The van der Waals surface area contributed by atoms with Gasteiger partial charge in [-0.2, -0.15) is 0 Å². The highest BCUT2D eigenvalue weighted by Gasteiger charge is 2.43. The van der Waals surface area contributed by atoms with E-state index in [9.17, 15) is 49.0 Å². The Morgan fingerprint density at radius 3 is 1.29 bits per heavy atom. The lowest BCUT2D eigenvalue weighted by Gasteiger charge is -2.14. The number of rotatable bonds is 8. The van der Waals surface area contributed by atoms with Crippen LogP contribution in [0, 0.1) is 20.2 Å². The number of imide groups is 2. The Kier molecular flexibility index (Phi) is 6.71. The molecule has 0 aromatic heterocycles. The van der Waals surface area contributed by atoms with Crippen LogP contribution in [-0.2, 0) is 9.59 Å². The average Bonchev–Trinajstić information content (AvgIpc) is 3.34. The summed E-state index contributed by atoms with van der Waals surface area (Å²) in [6.45, 7) is -1.67. The molecule has 0 fully saturated rings. The van der Waals surface area contributed by atoms with E-state index in [-0.39, 0.29) is 22.6 Å². The Morgan fingerprint density at radius 2 is 0.952 bits per heavy atom. The molecule has 4 amide bonds. The second kappa shape index (κ2) is 10.3. The minimum atomic E-state index is -1.04. The molecular weight excluding hydrogens is 560 g/mol. The largest absolute Gasteiger partial charge is 0.425 e. The number of hydrogen-bond acceptors (Lipinski definition) is 12. The van der Waals surface area contributed by atoms with Crippen molar-refractivity contribution in [3.05, 3.63) is 103 Å². The molecule has 5 rings (SSSR count). The van der Waals surface area contributed by atoms with Crippen molar-refractivity contribution in [1.29, 1.82) is 0 Å². The molecule has 0 radical (unpaired) electrons. The highest BCUT2D eigenvalue weighted by molar-refractivity contribution is 6.24. The van der Waals surface area contributed by atoms with Crippen LogP contribution >= 0.6 is 0 Å². The summed E-state index contributed by atoms with van der Waals surface area (Å²) in [5.74, 6) is -6.07. The van der Waals surface area contributed by atoms with Crippen molar-refractivity contribution in [2.75, 3.05) is 13.1 Å². The van der Waals surface area contributed by atoms with Gasteiger partial charge in [0.15, 0.2) is 0 Å². The number of nitro benzene ring substituents is 2. The Bertz CT molecular complexity index is 1640. The summed E-state index contributed by atoms with van der Waals surface area (Å²) in [5.41, 5.74) is -2.43. The Labute approximate surface area is 232 Å². The van der Waals surface area contributed by atoms with Crippen molar-refractivity contribution in [1.82, 2.24) is 9.80 Å². The topological polar surface area (TPSA) is 214 Å². The molecule has 3 aromatic carbocycles. The number of nitrogens with zero attached hydrogens (tertiary/aromatic N) is 4. The molecule has 210 valence electrons. The van der Waals surface area contributed by atoms with Gasteiger partial charge in [-0.1, -0.05) is 12.1 Å². The Morgan fingerprint density at radius 1 is 0.595 bits per heavy atom. The van der Waals surface area contributed by atoms with Gasteiger partial charge in [-0.3, -0.25) is 49.2 Å². The lowest BCUT2D eigenvalue weighted by atomic mass is 10.1. The van der Waals surface area contributed by atoms with Gasteiger partial charge in [-0.15, -0.1) is 0 Å². The molecule has 16 heteroatoms. The fraction of sp³-hybridized carbons (Fsp3) is 0.0769. The molecule has 16 nitrogen and oxygen atoms in total. The lowest BCUT2D eigenvalue weighted by Crippen LogP contribution is -2.36. The van der Waals surface area contributed by atoms with Crippen molar-refractivity contribution >= 4 is 46.9 Å². The van der Waals surface area contributed by atoms with Crippen molar-refractivity contribution < 1.29 is 48.1 Å². The third-order valence-electron chi connectivity index (χ3n) is 6.21. The summed E-state index contributed by atoms with van der Waals surface area (Å²) < 4.78 is 10.2. The molecule has 0 N–H and O–H groups in total. The summed E-state index contributed by atoms with van der Waals surface area (Å²) in [7, 11) is 0. The maximum atomic E-state index is 12.6. The fourth-order valence-electron chi connectivity index (χ4n) is 4.38. The number of ether oxygens (including phenoxy) is 2. The molecule has 42 heavy (non-hydrogen) atoms. The van der Waals surface area contributed by atoms with E-state index >= 15 is 0 Å². The van der Waals surface area contributed by atoms with Crippen LogP contribution in [0.5, 0.6) is 11.5 Å². The minimum absolute atomic E-state index is 0.0740. The number of carbonyl (C=O) groups excluding carboxylic acids is 6. The standard InChI is InChI=1S/C26H14N4O12/c31-19(11-27-23(33)15-3-1-5-17(29(37)38)21(15)25(27)35)41-13-7-9-14(10-8-13)42-20(32)12-28-24(34)16-4-2-6-18(30(39)40)22(16)26(28)36/h1-10H,11-12H2. The van der Waals surface area contributed by atoms with Gasteiger partial charge in [0.2, 0.25) is 0 Å². The number of nitro groups is 2. The third-order valence-corrected chi connectivity index (χ3v) is 6.21. The normalized spacial score (nSPS) is 13.6. The molecule has 0 bridgehead atoms. The smallest absolute Gasteiger partial charge is 0.331 e. The summed E-state index contributed by atoms with van der Waals surface area (Å²) in [6, 6.07) is 11.9. The first-order valence-electron chi connectivity index (χ1n) is 11.8. The SMILES string of the molecule is O=C(CN1C(=O)c2cccc([N+](=O)[O-])c2C1=O)Oc1ccc(OC(=O)CN2C(=O)c3cccc([N+](=O)[O-])c3C2=O)cc1. The predicted octanol–water partition coefficient (Wildman–Crippen LogP) is 1.91. The average molecular weight is 574 g/mol. The molecule has 0 spiro atoms.